The SMILES string of the molecule is COC(=O)c1ncc(-n2c(Cl)nc3c(c2=O)C[C@@H](C)N(C(=O)c2ccc(Cl)c(Cl)c2)C3)cn1. The molecule has 0 fully saturated rings. The third-order valence-corrected chi connectivity index (χ3v) is 6.26. The van der Waals surface area contributed by atoms with Crippen molar-refractivity contribution in [2.75, 3.05) is 7.11 Å². The van der Waals surface area contributed by atoms with Crippen molar-refractivity contribution in [1.82, 2.24) is 24.4 Å². The number of amides is 1. The number of rotatable bonds is 3. The van der Waals surface area contributed by atoms with Crippen LogP contribution in [0.4, 0.5) is 0 Å². The fraction of sp³-hybridized carbons (Fsp3) is 0.238. The molecule has 0 N–H and O–H groups in total. The molecule has 1 atom stereocenters. The predicted molar refractivity (Wildman–Crippen MR) is 121 cm³/mol. The summed E-state index contributed by atoms with van der Waals surface area (Å²) >= 11 is 18.3. The maximum absolute atomic E-state index is 13.2. The first kappa shape index (κ1) is 23.2. The van der Waals surface area contributed by atoms with Crippen LogP contribution in [0, 0.1) is 0 Å². The zero-order valence-electron chi connectivity index (χ0n) is 17.4. The standard InChI is InChI=1S/C21H16Cl3N5O4/c1-10-5-13-16(9-28(10)18(30)11-3-4-14(22)15(23)6-11)27-21(24)29(19(13)31)12-7-25-17(26-8-12)20(32)33-2/h3-4,6-8,10H,5,9H2,1-2H3/t10-/m1/s1. The van der Waals surface area contributed by atoms with Crippen molar-refractivity contribution in [2.45, 2.75) is 25.9 Å². The number of benzene rings is 1. The van der Waals surface area contributed by atoms with E-state index in [-0.39, 0.29) is 46.7 Å². The van der Waals surface area contributed by atoms with Crippen LogP contribution in [0.25, 0.3) is 5.69 Å². The van der Waals surface area contributed by atoms with Gasteiger partial charge in [-0.3, -0.25) is 9.59 Å². The highest BCUT2D eigenvalue weighted by atomic mass is 35.5. The molecule has 1 aliphatic heterocycles. The monoisotopic (exact) mass is 507 g/mol. The van der Waals surface area contributed by atoms with Gasteiger partial charge in [0.2, 0.25) is 11.1 Å². The Bertz CT molecular complexity index is 1330. The fourth-order valence-electron chi connectivity index (χ4n) is 3.55. The number of carbonyl (C=O) groups excluding carboxylic acids is 2. The highest BCUT2D eigenvalue weighted by molar-refractivity contribution is 6.42. The van der Waals surface area contributed by atoms with Gasteiger partial charge >= 0.3 is 5.97 Å². The van der Waals surface area contributed by atoms with Crippen LogP contribution in [0.2, 0.25) is 15.3 Å². The molecule has 0 radical (unpaired) electrons. The van der Waals surface area contributed by atoms with Crippen LogP contribution in [-0.4, -0.2) is 49.4 Å². The van der Waals surface area contributed by atoms with Gasteiger partial charge in [-0.05, 0) is 43.1 Å². The molecule has 3 heterocycles. The Kier molecular flexibility index (Phi) is 6.38. The lowest BCUT2D eigenvalue weighted by atomic mass is 9.98. The lowest BCUT2D eigenvalue weighted by Crippen LogP contribution is -2.45. The number of aromatic nitrogens is 4. The van der Waals surface area contributed by atoms with Crippen molar-refractivity contribution in [2.24, 2.45) is 0 Å². The van der Waals surface area contributed by atoms with E-state index >= 15 is 0 Å². The third-order valence-electron chi connectivity index (χ3n) is 5.26. The molecule has 0 spiro atoms. The van der Waals surface area contributed by atoms with Crippen molar-refractivity contribution in [3.05, 3.63) is 78.9 Å². The molecular formula is C21H16Cl3N5O4. The first-order chi connectivity index (χ1) is 15.7. The van der Waals surface area contributed by atoms with E-state index in [2.05, 4.69) is 19.7 Å². The normalized spacial score (nSPS) is 15.2. The second kappa shape index (κ2) is 9.09. The maximum Gasteiger partial charge on any atom is 0.376 e. The summed E-state index contributed by atoms with van der Waals surface area (Å²) in [4.78, 5) is 51.6. The van der Waals surface area contributed by atoms with Crippen LogP contribution in [0.5, 0.6) is 0 Å². The number of hydrogen-bond acceptors (Lipinski definition) is 7. The molecule has 9 nitrogen and oxygen atoms in total. The van der Waals surface area contributed by atoms with Crippen LogP contribution < -0.4 is 5.56 Å². The quantitative estimate of drug-likeness (QED) is 0.394. The van der Waals surface area contributed by atoms with E-state index in [0.29, 0.717) is 21.8 Å². The molecule has 1 amide bonds. The second-order valence-corrected chi connectivity index (χ2v) is 8.47. The highest BCUT2D eigenvalue weighted by Crippen LogP contribution is 2.27. The number of nitrogens with zero attached hydrogens (tertiary/aromatic N) is 5. The molecule has 33 heavy (non-hydrogen) atoms. The maximum atomic E-state index is 13.2. The topological polar surface area (TPSA) is 107 Å². The fourth-order valence-corrected chi connectivity index (χ4v) is 4.13. The number of hydrogen-bond donors (Lipinski definition) is 0. The Morgan fingerprint density at radius 2 is 1.82 bits per heavy atom. The summed E-state index contributed by atoms with van der Waals surface area (Å²) in [5, 5.41) is 0.504. The summed E-state index contributed by atoms with van der Waals surface area (Å²) in [5.74, 6) is -1.12. The van der Waals surface area contributed by atoms with Crippen molar-refractivity contribution >= 4 is 46.7 Å². The molecule has 0 aliphatic carbocycles. The van der Waals surface area contributed by atoms with E-state index in [1.54, 1.807) is 17.0 Å². The second-order valence-electron chi connectivity index (χ2n) is 7.32. The number of ether oxygens (including phenoxy) is 1. The molecule has 2 aromatic heterocycles. The van der Waals surface area contributed by atoms with Crippen molar-refractivity contribution in [3.8, 4) is 5.69 Å². The van der Waals surface area contributed by atoms with Crippen LogP contribution >= 0.6 is 34.8 Å². The summed E-state index contributed by atoms with van der Waals surface area (Å²) < 4.78 is 5.73. The van der Waals surface area contributed by atoms with Gasteiger partial charge in [-0.2, -0.15) is 0 Å². The molecule has 3 aromatic rings. The zero-order chi connectivity index (χ0) is 23.9. The minimum atomic E-state index is -0.705. The first-order valence-electron chi connectivity index (χ1n) is 9.68. The molecule has 1 aliphatic rings. The summed E-state index contributed by atoms with van der Waals surface area (Å²) in [6, 6.07) is 4.36. The Balaban J connectivity index is 1.68. The highest BCUT2D eigenvalue weighted by Gasteiger charge is 2.32. The van der Waals surface area contributed by atoms with Gasteiger partial charge < -0.3 is 9.64 Å². The smallest absolute Gasteiger partial charge is 0.376 e. The summed E-state index contributed by atoms with van der Waals surface area (Å²) in [5.41, 5.74) is 1.06. The lowest BCUT2D eigenvalue weighted by molar-refractivity contribution is 0.0585. The number of fused-ring (bicyclic) bond motifs is 1. The third kappa shape index (κ3) is 4.31. The molecule has 0 saturated carbocycles. The molecule has 12 heteroatoms. The van der Waals surface area contributed by atoms with Gasteiger partial charge in [0.25, 0.3) is 11.5 Å². The van der Waals surface area contributed by atoms with E-state index in [1.165, 1.54) is 25.6 Å². The number of halogens is 3. The Morgan fingerprint density at radius 1 is 1.12 bits per heavy atom. The summed E-state index contributed by atoms with van der Waals surface area (Å²) in [7, 11) is 1.21. The first-order valence-corrected chi connectivity index (χ1v) is 10.8. The van der Waals surface area contributed by atoms with E-state index in [1.807, 2.05) is 6.92 Å². The van der Waals surface area contributed by atoms with Crippen LogP contribution in [0.1, 0.15) is 39.2 Å². The van der Waals surface area contributed by atoms with Crippen LogP contribution in [0.15, 0.2) is 35.4 Å². The van der Waals surface area contributed by atoms with Crippen LogP contribution in [-0.2, 0) is 17.7 Å². The molecule has 1 aromatic carbocycles. The minimum Gasteiger partial charge on any atom is -0.463 e. The average Bonchev–Trinajstić information content (AvgIpc) is 2.80. The Hall–Kier alpha value is -3.01. The largest absolute Gasteiger partial charge is 0.463 e. The van der Waals surface area contributed by atoms with Gasteiger partial charge in [-0.25, -0.2) is 24.3 Å². The number of esters is 1. The lowest BCUT2D eigenvalue weighted by Gasteiger charge is -2.34. The average molecular weight is 509 g/mol. The predicted octanol–water partition coefficient (Wildman–Crippen LogP) is 3.36. The summed E-state index contributed by atoms with van der Waals surface area (Å²) in [6.07, 6.45) is 2.84. The van der Waals surface area contributed by atoms with Crippen molar-refractivity contribution < 1.29 is 14.3 Å². The van der Waals surface area contributed by atoms with Gasteiger partial charge in [0.15, 0.2) is 0 Å². The Morgan fingerprint density at radius 3 is 2.45 bits per heavy atom. The van der Waals surface area contributed by atoms with E-state index in [4.69, 9.17) is 34.8 Å². The molecule has 170 valence electrons. The molecule has 0 unspecified atom stereocenters. The van der Waals surface area contributed by atoms with Gasteiger partial charge in [-0.1, -0.05) is 23.2 Å². The van der Waals surface area contributed by atoms with Crippen molar-refractivity contribution in [1.29, 1.82) is 0 Å². The molecule has 0 saturated heterocycles. The van der Waals surface area contributed by atoms with E-state index in [0.717, 1.165) is 4.57 Å². The van der Waals surface area contributed by atoms with Gasteiger partial charge in [-0.15, -0.1) is 0 Å². The Labute approximate surface area is 202 Å². The number of methoxy groups -OCH3 is 1. The van der Waals surface area contributed by atoms with Crippen LogP contribution in [0.3, 0.4) is 0 Å². The van der Waals surface area contributed by atoms with E-state index < -0.39 is 11.5 Å². The van der Waals surface area contributed by atoms with Gasteiger partial charge in [0.05, 0.1) is 47.5 Å². The van der Waals surface area contributed by atoms with Gasteiger partial charge in [0, 0.05) is 17.2 Å². The number of carbonyl (C=O) groups is 2. The minimum absolute atomic E-state index is 0.100. The van der Waals surface area contributed by atoms with E-state index in [9.17, 15) is 14.4 Å². The molecule has 0 bridgehead atoms. The zero-order valence-corrected chi connectivity index (χ0v) is 19.6. The molecular weight excluding hydrogens is 493 g/mol. The van der Waals surface area contributed by atoms with Crippen molar-refractivity contribution in [3.63, 3.8) is 0 Å². The van der Waals surface area contributed by atoms with Gasteiger partial charge in [0.1, 0.15) is 0 Å². The molecule has 4 rings (SSSR count). The summed E-state index contributed by atoms with van der Waals surface area (Å²) in [6.45, 7) is 1.94.